The van der Waals surface area contributed by atoms with Gasteiger partial charge in [0.05, 0.1) is 12.2 Å². The molecule has 0 heterocycles. The number of nitrogens with two attached hydrogens (primary N) is 1. The van der Waals surface area contributed by atoms with Crippen molar-refractivity contribution in [2.75, 3.05) is 6.61 Å². The van der Waals surface area contributed by atoms with Crippen molar-refractivity contribution in [3.05, 3.63) is 24.4 Å². The van der Waals surface area contributed by atoms with E-state index in [0.717, 1.165) is 0 Å². The van der Waals surface area contributed by atoms with Crippen molar-refractivity contribution in [1.82, 2.24) is 0 Å². The first-order valence-corrected chi connectivity index (χ1v) is 4.57. The molecule has 0 amide bonds. The molecule has 88 valence electrons. The first kappa shape index (κ1) is 14.0. The van der Waals surface area contributed by atoms with Gasteiger partial charge in [0.2, 0.25) is 5.97 Å². The third-order valence-electron chi connectivity index (χ3n) is 1.47. The van der Waals surface area contributed by atoms with Crippen molar-refractivity contribution in [1.29, 1.82) is 0 Å². The molecule has 0 spiro atoms. The Morgan fingerprint density at radius 3 is 2.69 bits per heavy atom. The van der Waals surface area contributed by atoms with Crippen LogP contribution < -0.4 is 5.84 Å². The average Bonchev–Trinajstić information content (AvgIpc) is 2.27. The Balaban J connectivity index is 4.87. The minimum absolute atomic E-state index is 0.138. The van der Waals surface area contributed by atoms with Gasteiger partial charge in [-0.1, -0.05) is 12.7 Å². The summed E-state index contributed by atoms with van der Waals surface area (Å²) in [4.78, 5) is 14.6. The second-order valence-electron chi connectivity index (χ2n) is 2.58. The highest BCUT2D eigenvalue weighted by Crippen LogP contribution is 2.03. The number of aliphatic imine (C=N–C) groups is 1. The number of hydrogen-bond acceptors (Lipinski definition) is 5. The zero-order valence-corrected chi connectivity index (χ0v) is 9.24. The number of rotatable bonds is 5. The first-order valence-electron chi connectivity index (χ1n) is 4.57. The molecular formula is C10H14FN3O2. The molecule has 0 aromatic heterocycles. The van der Waals surface area contributed by atoms with E-state index in [4.69, 9.17) is 5.84 Å². The van der Waals surface area contributed by atoms with E-state index in [1.54, 1.807) is 13.8 Å². The van der Waals surface area contributed by atoms with Gasteiger partial charge in [-0.2, -0.15) is 9.49 Å². The number of carbonyl (C=O) groups is 1. The molecule has 5 nitrogen and oxygen atoms in total. The molecule has 0 radical (unpaired) electrons. The van der Waals surface area contributed by atoms with Gasteiger partial charge < -0.3 is 10.6 Å². The van der Waals surface area contributed by atoms with Crippen LogP contribution in [0.3, 0.4) is 0 Å². The maximum atomic E-state index is 13.3. The van der Waals surface area contributed by atoms with Gasteiger partial charge in [-0.3, -0.25) is 0 Å². The van der Waals surface area contributed by atoms with E-state index in [1.165, 1.54) is 12.3 Å². The summed E-state index contributed by atoms with van der Waals surface area (Å²) in [7, 11) is 0. The van der Waals surface area contributed by atoms with Crippen molar-refractivity contribution in [2.24, 2.45) is 15.9 Å². The molecule has 0 aliphatic heterocycles. The summed E-state index contributed by atoms with van der Waals surface area (Å²) in [5, 5.41) is 3.13. The number of hydrogen-bond donors (Lipinski definition) is 1. The number of hydrazone groups is 1. The number of halogens is 1. The molecule has 0 aromatic carbocycles. The summed E-state index contributed by atoms with van der Waals surface area (Å²) >= 11 is 0. The Hall–Kier alpha value is -1.98. The fourth-order valence-electron chi connectivity index (χ4n) is 0.769. The summed E-state index contributed by atoms with van der Waals surface area (Å²) in [6.45, 7) is 6.75. The second-order valence-corrected chi connectivity index (χ2v) is 2.58. The van der Waals surface area contributed by atoms with Gasteiger partial charge in [0.15, 0.2) is 5.71 Å². The van der Waals surface area contributed by atoms with Gasteiger partial charge in [0.1, 0.15) is 0 Å². The van der Waals surface area contributed by atoms with Crippen LogP contribution in [-0.4, -0.2) is 24.3 Å². The zero-order chi connectivity index (χ0) is 12.6. The summed E-state index contributed by atoms with van der Waals surface area (Å²) in [6.07, 6.45) is 2.75. The van der Waals surface area contributed by atoms with Gasteiger partial charge in [-0.25, -0.2) is 9.79 Å². The number of ether oxygens (including phenoxy) is 1. The third-order valence-corrected chi connectivity index (χ3v) is 1.47. The Morgan fingerprint density at radius 2 is 2.25 bits per heavy atom. The minimum Gasteiger partial charge on any atom is -0.461 e. The van der Waals surface area contributed by atoms with Gasteiger partial charge >= 0.3 is 5.97 Å². The molecule has 0 aliphatic rings. The second kappa shape index (κ2) is 7.33. The van der Waals surface area contributed by atoms with E-state index >= 15 is 0 Å². The molecule has 0 bridgehead atoms. The summed E-state index contributed by atoms with van der Waals surface area (Å²) in [5.41, 5.74) is -0.688. The van der Waals surface area contributed by atoms with Crippen molar-refractivity contribution < 1.29 is 13.9 Å². The fraction of sp³-hybridized carbons (Fsp3) is 0.300. The number of esters is 1. The predicted molar refractivity (Wildman–Crippen MR) is 60.8 cm³/mol. The van der Waals surface area contributed by atoms with Crippen LogP contribution in [0.2, 0.25) is 0 Å². The molecule has 0 saturated heterocycles. The van der Waals surface area contributed by atoms with Crippen LogP contribution in [0, 0.1) is 0 Å². The zero-order valence-electron chi connectivity index (χ0n) is 9.24. The number of allylic oxidation sites excluding steroid dienone is 1. The van der Waals surface area contributed by atoms with Gasteiger partial charge in [0, 0.05) is 6.20 Å². The highest BCUT2D eigenvalue weighted by molar-refractivity contribution is 6.49. The number of carbonyl (C=O) groups excluding carboxylic acids is 1. The van der Waals surface area contributed by atoms with Crippen LogP contribution in [0.1, 0.15) is 13.8 Å². The van der Waals surface area contributed by atoms with Gasteiger partial charge in [-0.05, 0) is 13.8 Å². The van der Waals surface area contributed by atoms with E-state index in [0.29, 0.717) is 0 Å². The van der Waals surface area contributed by atoms with Crippen molar-refractivity contribution in [3.63, 3.8) is 0 Å². The topological polar surface area (TPSA) is 77.0 Å². The molecule has 6 heteroatoms. The number of nitrogens with zero attached hydrogens (tertiary/aromatic N) is 2. The van der Waals surface area contributed by atoms with Crippen LogP contribution in [-0.2, 0) is 9.53 Å². The Morgan fingerprint density at radius 1 is 1.62 bits per heavy atom. The molecule has 0 saturated carbocycles. The third kappa shape index (κ3) is 4.04. The van der Waals surface area contributed by atoms with Crippen LogP contribution >= 0.6 is 0 Å². The largest absolute Gasteiger partial charge is 0.461 e. The monoisotopic (exact) mass is 227 g/mol. The van der Waals surface area contributed by atoms with E-state index in [9.17, 15) is 9.18 Å². The van der Waals surface area contributed by atoms with Crippen LogP contribution in [0.15, 0.2) is 34.5 Å². The molecule has 0 unspecified atom stereocenters. The maximum absolute atomic E-state index is 13.3. The smallest absolute Gasteiger partial charge is 0.359 e. The highest BCUT2D eigenvalue weighted by Gasteiger charge is 2.20. The lowest BCUT2D eigenvalue weighted by molar-refractivity contribution is -0.134. The maximum Gasteiger partial charge on any atom is 0.359 e. The molecule has 2 N–H and O–H groups in total. The lowest BCUT2D eigenvalue weighted by Gasteiger charge is -2.04. The molecule has 0 aromatic rings. The highest BCUT2D eigenvalue weighted by atomic mass is 19.1. The van der Waals surface area contributed by atoms with E-state index in [1.807, 2.05) is 0 Å². The average molecular weight is 227 g/mol. The standard InChI is InChI=1S/C10H14FN3O2/c1-4-6-13-9(11)7(3)8(14-12)10(15)16-5-2/h4,6H,3,5,12H2,1-2H3/b6-4-,13-9+,14-8-. The molecule has 0 atom stereocenters. The van der Waals surface area contributed by atoms with Crippen molar-refractivity contribution >= 4 is 17.6 Å². The van der Waals surface area contributed by atoms with E-state index in [2.05, 4.69) is 21.4 Å². The molecule has 0 rings (SSSR count). The lowest BCUT2D eigenvalue weighted by Crippen LogP contribution is -2.23. The minimum atomic E-state index is -0.935. The lowest BCUT2D eigenvalue weighted by atomic mass is 10.2. The van der Waals surface area contributed by atoms with E-state index in [-0.39, 0.29) is 17.9 Å². The van der Waals surface area contributed by atoms with Gasteiger partial charge in [0.25, 0.3) is 0 Å². The molecule has 0 aliphatic carbocycles. The predicted octanol–water partition coefficient (Wildman–Crippen LogP) is 1.32. The van der Waals surface area contributed by atoms with Crippen LogP contribution in [0.5, 0.6) is 0 Å². The molecule has 16 heavy (non-hydrogen) atoms. The Labute approximate surface area is 93.2 Å². The van der Waals surface area contributed by atoms with Crippen molar-refractivity contribution in [2.45, 2.75) is 13.8 Å². The quantitative estimate of drug-likeness (QED) is 0.333. The normalized spacial score (nSPS) is 12.9. The fourth-order valence-corrected chi connectivity index (χ4v) is 0.769. The van der Waals surface area contributed by atoms with Crippen LogP contribution in [0.25, 0.3) is 0 Å². The SMILES string of the molecule is C=C(/C(=N/N)C(=O)OCC)/C(F)=N\C=C/C. The van der Waals surface area contributed by atoms with Gasteiger partial charge in [-0.15, -0.1) is 0 Å². The first-order chi connectivity index (χ1) is 7.58. The molecule has 0 fully saturated rings. The summed E-state index contributed by atoms with van der Waals surface area (Å²) in [5.74, 6) is 3.19. The Kier molecular flexibility index (Phi) is 6.42. The van der Waals surface area contributed by atoms with Crippen molar-refractivity contribution in [3.8, 4) is 0 Å². The Bertz CT molecular complexity index is 359. The molecular weight excluding hydrogens is 213 g/mol. The van der Waals surface area contributed by atoms with E-state index < -0.39 is 11.9 Å². The summed E-state index contributed by atoms with van der Waals surface area (Å²) in [6, 6.07) is 0. The summed E-state index contributed by atoms with van der Waals surface area (Å²) < 4.78 is 17.9. The van der Waals surface area contributed by atoms with Crippen LogP contribution in [0.4, 0.5) is 4.39 Å².